The first-order valence-electron chi connectivity index (χ1n) is 5.88. The molecule has 7 heteroatoms. The minimum absolute atomic E-state index is 0.0405. The Hall–Kier alpha value is -2.47. The first-order chi connectivity index (χ1) is 10.1. The third kappa shape index (κ3) is 2.34. The smallest absolute Gasteiger partial charge is 0.178 e. The monoisotopic (exact) mass is 307 g/mol. The molecule has 0 atom stereocenters. The average molecular weight is 308 g/mol. The number of nitrogen functional groups attached to an aromatic ring is 1. The van der Waals surface area contributed by atoms with E-state index in [4.69, 9.17) is 21.9 Å². The van der Waals surface area contributed by atoms with Crippen molar-refractivity contribution in [3.63, 3.8) is 0 Å². The third-order valence-electron chi connectivity index (χ3n) is 2.90. The van der Waals surface area contributed by atoms with E-state index in [0.717, 1.165) is 6.20 Å². The minimum Gasteiger partial charge on any atom is -0.380 e. The number of anilines is 1. The van der Waals surface area contributed by atoms with Crippen LogP contribution in [0.5, 0.6) is 0 Å². The Balaban J connectivity index is 2.28. The molecule has 0 aliphatic rings. The normalized spacial score (nSPS) is 10.8. The summed E-state index contributed by atoms with van der Waals surface area (Å²) in [6.07, 6.45) is 2.40. The summed E-state index contributed by atoms with van der Waals surface area (Å²) in [6, 6.07) is 5.40. The van der Waals surface area contributed by atoms with Crippen LogP contribution in [0.15, 0.2) is 41.2 Å². The Morgan fingerprint density at radius 1 is 1.14 bits per heavy atom. The Bertz CT molecular complexity index is 799. The molecule has 0 aliphatic heterocycles. The van der Waals surface area contributed by atoms with Crippen LogP contribution in [0, 0.1) is 11.6 Å². The number of nitrogens with zero attached hydrogens (tertiary/aromatic N) is 2. The van der Waals surface area contributed by atoms with Crippen molar-refractivity contribution in [2.24, 2.45) is 0 Å². The number of hydrogen-bond acceptors (Lipinski definition) is 4. The molecule has 0 bridgehead atoms. The molecular formula is C14H8ClF2N3O. The van der Waals surface area contributed by atoms with Gasteiger partial charge in [-0.15, -0.1) is 0 Å². The second kappa shape index (κ2) is 5.14. The summed E-state index contributed by atoms with van der Waals surface area (Å²) < 4.78 is 32.5. The zero-order valence-corrected chi connectivity index (χ0v) is 11.2. The number of nitrogens with two attached hydrogens (primary N) is 1. The van der Waals surface area contributed by atoms with Gasteiger partial charge in [0.15, 0.2) is 11.6 Å². The van der Waals surface area contributed by atoms with E-state index in [0.29, 0.717) is 0 Å². The largest absolute Gasteiger partial charge is 0.380 e. The molecule has 0 aliphatic carbocycles. The molecule has 0 amide bonds. The second-order valence-corrected chi connectivity index (χ2v) is 4.67. The predicted molar refractivity (Wildman–Crippen MR) is 74.5 cm³/mol. The van der Waals surface area contributed by atoms with E-state index < -0.39 is 11.6 Å². The van der Waals surface area contributed by atoms with Crippen molar-refractivity contribution >= 4 is 17.4 Å². The molecule has 0 spiro atoms. The van der Waals surface area contributed by atoms with Gasteiger partial charge in [-0.05, 0) is 18.2 Å². The van der Waals surface area contributed by atoms with E-state index in [1.165, 1.54) is 30.5 Å². The highest BCUT2D eigenvalue weighted by Gasteiger charge is 2.23. The summed E-state index contributed by atoms with van der Waals surface area (Å²) >= 11 is 6.03. The Labute approximate surface area is 123 Å². The lowest BCUT2D eigenvalue weighted by atomic mass is 10.0. The average Bonchev–Trinajstić information content (AvgIpc) is 2.81. The summed E-state index contributed by atoms with van der Waals surface area (Å²) in [6.45, 7) is 0. The Morgan fingerprint density at radius 2 is 1.95 bits per heavy atom. The van der Waals surface area contributed by atoms with Gasteiger partial charge in [-0.3, -0.25) is 4.98 Å². The van der Waals surface area contributed by atoms with Crippen LogP contribution >= 0.6 is 11.6 Å². The molecule has 4 nitrogen and oxygen atoms in total. The summed E-state index contributed by atoms with van der Waals surface area (Å²) in [5, 5.41) is 3.76. The quantitative estimate of drug-likeness (QED) is 0.779. The number of halogens is 3. The molecule has 2 N–H and O–H groups in total. The number of pyridine rings is 1. The molecule has 0 saturated carbocycles. The van der Waals surface area contributed by atoms with Gasteiger partial charge in [-0.25, -0.2) is 8.78 Å². The zero-order chi connectivity index (χ0) is 15.0. The summed E-state index contributed by atoms with van der Waals surface area (Å²) in [7, 11) is 0. The minimum atomic E-state index is -0.581. The molecular weight excluding hydrogens is 300 g/mol. The van der Waals surface area contributed by atoms with Gasteiger partial charge in [0.2, 0.25) is 0 Å². The van der Waals surface area contributed by atoms with E-state index in [1.807, 2.05) is 0 Å². The van der Waals surface area contributed by atoms with Crippen LogP contribution in [0.2, 0.25) is 5.02 Å². The van der Waals surface area contributed by atoms with Crippen LogP contribution in [-0.2, 0) is 0 Å². The van der Waals surface area contributed by atoms with Gasteiger partial charge < -0.3 is 10.3 Å². The van der Waals surface area contributed by atoms with Gasteiger partial charge in [0, 0.05) is 17.3 Å². The van der Waals surface area contributed by atoms with Crippen LogP contribution in [-0.4, -0.2) is 10.1 Å². The fourth-order valence-corrected chi connectivity index (χ4v) is 2.27. The number of hydrogen-bond donors (Lipinski definition) is 1. The van der Waals surface area contributed by atoms with Crippen LogP contribution in [0.4, 0.5) is 14.6 Å². The maximum Gasteiger partial charge on any atom is 0.178 e. The highest BCUT2D eigenvalue weighted by atomic mass is 35.5. The number of aromatic nitrogens is 2. The third-order valence-corrected chi connectivity index (χ3v) is 3.21. The number of rotatable bonds is 2. The van der Waals surface area contributed by atoms with Crippen molar-refractivity contribution < 1.29 is 13.3 Å². The standard InChI is InChI=1S/C14H8ClF2N3O/c15-9-2-1-3-10(17)11(9)12-13(21-20-14(12)18)7-4-8(16)6-19-5-7/h1-6H,(H2,18,20). The van der Waals surface area contributed by atoms with Gasteiger partial charge in [0.25, 0.3) is 0 Å². The second-order valence-electron chi connectivity index (χ2n) is 4.26. The van der Waals surface area contributed by atoms with Gasteiger partial charge >= 0.3 is 0 Å². The van der Waals surface area contributed by atoms with Crippen molar-refractivity contribution in [1.82, 2.24) is 10.1 Å². The Kier molecular flexibility index (Phi) is 3.31. The van der Waals surface area contributed by atoms with Gasteiger partial charge in [0.05, 0.1) is 16.8 Å². The SMILES string of the molecule is Nc1noc(-c2cncc(F)c2)c1-c1c(F)cccc1Cl. The maximum absolute atomic E-state index is 14.1. The summed E-state index contributed by atoms with van der Waals surface area (Å²) in [5.41, 5.74) is 6.25. The van der Waals surface area contributed by atoms with Gasteiger partial charge in [-0.1, -0.05) is 22.8 Å². The van der Waals surface area contributed by atoms with E-state index in [1.54, 1.807) is 0 Å². The van der Waals surface area contributed by atoms with E-state index in [2.05, 4.69) is 10.1 Å². The maximum atomic E-state index is 14.1. The van der Waals surface area contributed by atoms with Gasteiger partial charge in [-0.2, -0.15) is 0 Å². The molecule has 0 radical (unpaired) electrons. The van der Waals surface area contributed by atoms with Crippen LogP contribution < -0.4 is 5.73 Å². The molecule has 2 heterocycles. The van der Waals surface area contributed by atoms with Crippen molar-refractivity contribution in [1.29, 1.82) is 0 Å². The van der Waals surface area contributed by atoms with Crippen LogP contribution in [0.1, 0.15) is 0 Å². The number of benzene rings is 1. The first-order valence-corrected chi connectivity index (χ1v) is 6.26. The fourth-order valence-electron chi connectivity index (χ4n) is 2.01. The van der Waals surface area contributed by atoms with Crippen molar-refractivity contribution in [3.8, 4) is 22.5 Å². The molecule has 106 valence electrons. The lowest BCUT2D eigenvalue weighted by Crippen LogP contribution is -1.93. The van der Waals surface area contributed by atoms with E-state index in [-0.39, 0.29) is 33.3 Å². The lowest BCUT2D eigenvalue weighted by Gasteiger charge is -2.06. The molecule has 3 aromatic rings. The molecule has 0 saturated heterocycles. The molecule has 21 heavy (non-hydrogen) atoms. The van der Waals surface area contributed by atoms with Crippen LogP contribution in [0.25, 0.3) is 22.5 Å². The van der Waals surface area contributed by atoms with Crippen molar-refractivity contribution in [2.75, 3.05) is 5.73 Å². The topological polar surface area (TPSA) is 64.9 Å². The van der Waals surface area contributed by atoms with E-state index in [9.17, 15) is 8.78 Å². The summed E-state index contributed by atoms with van der Waals surface area (Å²) in [5.74, 6) is -1.08. The highest BCUT2D eigenvalue weighted by Crippen LogP contribution is 2.41. The predicted octanol–water partition coefficient (Wildman–Crippen LogP) is 3.92. The first kappa shape index (κ1) is 13.5. The molecule has 0 fully saturated rings. The molecule has 0 unspecified atom stereocenters. The zero-order valence-electron chi connectivity index (χ0n) is 10.5. The van der Waals surface area contributed by atoms with Crippen molar-refractivity contribution in [2.45, 2.75) is 0 Å². The van der Waals surface area contributed by atoms with Crippen LogP contribution in [0.3, 0.4) is 0 Å². The Morgan fingerprint density at radius 3 is 2.67 bits per heavy atom. The van der Waals surface area contributed by atoms with Gasteiger partial charge in [0.1, 0.15) is 11.6 Å². The van der Waals surface area contributed by atoms with E-state index >= 15 is 0 Å². The summed E-state index contributed by atoms with van der Waals surface area (Å²) in [4.78, 5) is 3.72. The molecule has 2 aromatic heterocycles. The lowest BCUT2D eigenvalue weighted by molar-refractivity contribution is 0.435. The highest BCUT2D eigenvalue weighted by molar-refractivity contribution is 6.33. The molecule has 3 rings (SSSR count). The van der Waals surface area contributed by atoms with Crippen molar-refractivity contribution in [3.05, 3.63) is 53.3 Å². The fraction of sp³-hybridized carbons (Fsp3) is 0. The molecule has 1 aromatic carbocycles.